The van der Waals surface area contributed by atoms with Crippen LogP contribution in [0.25, 0.3) is 6.08 Å². The first-order chi connectivity index (χ1) is 14.6. The van der Waals surface area contributed by atoms with Gasteiger partial charge >= 0.3 is 0 Å². The zero-order valence-corrected chi connectivity index (χ0v) is 18.4. The van der Waals surface area contributed by atoms with Gasteiger partial charge in [0.05, 0.1) is 31.8 Å². The number of methoxy groups -OCH3 is 1. The summed E-state index contributed by atoms with van der Waals surface area (Å²) in [4.78, 5) is 13.9. The van der Waals surface area contributed by atoms with Crippen molar-refractivity contribution in [1.29, 1.82) is 0 Å². The lowest BCUT2D eigenvalue weighted by Gasteiger charge is -2.12. The molecule has 30 heavy (non-hydrogen) atoms. The molecule has 0 bridgehead atoms. The molecular formula is C24H30ClN2O3+. The van der Waals surface area contributed by atoms with Gasteiger partial charge in [-0.3, -0.25) is 4.79 Å². The van der Waals surface area contributed by atoms with Gasteiger partial charge in [0, 0.05) is 31.0 Å². The molecule has 1 saturated heterocycles. The second kappa shape index (κ2) is 11.0. The normalized spacial score (nSPS) is 14.2. The highest BCUT2D eigenvalue weighted by atomic mass is 35.5. The zero-order chi connectivity index (χ0) is 21.3. The van der Waals surface area contributed by atoms with Crippen molar-refractivity contribution in [1.82, 2.24) is 5.32 Å². The number of carbonyl (C=O) groups is 1. The third-order valence-corrected chi connectivity index (χ3v) is 5.50. The van der Waals surface area contributed by atoms with E-state index < -0.39 is 0 Å². The first-order valence-electron chi connectivity index (χ1n) is 10.5. The number of halogens is 1. The number of likely N-dealkylation sites (tertiary alicyclic amines) is 1. The predicted octanol–water partition coefficient (Wildman–Crippen LogP) is 3.26. The van der Waals surface area contributed by atoms with Crippen molar-refractivity contribution in [3.05, 3.63) is 64.2 Å². The first kappa shape index (κ1) is 22.2. The molecule has 0 aliphatic carbocycles. The Morgan fingerprint density at radius 1 is 1.17 bits per heavy atom. The summed E-state index contributed by atoms with van der Waals surface area (Å²) < 4.78 is 10.8. The fraction of sp³-hybridized carbons (Fsp3) is 0.375. The van der Waals surface area contributed by atoms with Gasteiger partial charge in [-0.2, -0.15) is 0 Å². The average molecular weight is 430 g/mol. The molecule has 0 unspecified atom stereocenters. The number of hydrogen-bond acceptors (Lipinski definition) is 3. The molecule has 6 heteroatoms. The summed E-state index contributed by atoms with van der Waals surface area (Å²) in [6.45, 7) is 6.52. The third-order valence-electron chi connectivity index (χ3n) is 5.22. The molecule has 0 radical (unpaired) electrons. The fourth-order valence-electron chi connectivity index (χ4n) is 3.68. The molecule has 1 aliphatic rings. The molecule has 1 aliphatic heterocycles. The Labute approximate surface area is 183 Å². The van der Waals surface area contributed by atoms with E-state index in [0.717, 1.165) is 17.7 Å². The quantitative estimate of drug-likeness (QED) is 0.601. The fourth-order valence-corrected chi connectivity index (χ4v) is 3.98. The van der Waals surface area contributed by atoms with E-state index in [0.29, 0.717) is 29.7 Å². The van der Waals surface area contributed by atoms with Gasteiger partial charge in [-0.1, -0.05) is 35.9 Å². The summed E-state index contributed by atoms with van der Waals surface area (Å²) in [5.74, 6) is 0.892. The number of ether oxygens (including phenoxy) is 2. The molecular weight excluding hydrogens is 400 g/mol. The Morgan fingerprint density at radius 2 is 1.87 bits per heavy atom. The minimum Gasteiger partial charge on any atom is -0.491 e. The van der Waals surface area contributed by atoms with Crippen LogP contribution in [0.3, 0.4) is 0 Å². The van der Waals surface area contributed by atoms with Crippen LogP contribution < -0.4 is 19.7 Å². The average Bonchev–Trinajstić information content (AvgIpc) is 3.25. The minimum atomic E-state index is -0.162. The van der Waals surface area contributed by atoms with Crippen LogP contribution in [0.2, 0.25) is 5.02 Å². The Morgan fingerprint density at radius 3 is 2.53 bits per heavy atom. The summed E-state index contributed by atoms with van der Waals surface area (Å²) in [5.41, 5.74) is 3.21. The molecule has 3 rings (SSSR count). The monoisotopic (exact) mass is 429 g/mol. The molecule has 2 N–H and O–H groups in total. The van der Waals surface area contributed by atoms with Gasteiger partial charge in [0.25, 0.3) is 0 Å². The standard InChI is InChI=1S/C24H29ClN2O3/c1-3-30-22-15-20(14-21(25)24(22)29-2)10-11-23(28)26-16-18-6-8-19(9-7-18)17-27-12-4-5-13-27/h6-11,14-15H,3-5,12-13,16-17H2,1-2H3,(H,26,28)/p+1/b11-10+. The maximum atomic E-state index is 12.2. The first-order valence-corrected chi connectivity index (χ1v) is 10.8. The molecule has 0 atom stereocenters. The molecule has 160 valence electrons. The van der Waals surface area contributed by atoms with Crippen molar-refractivity contribution >= 4 is 23.6 Å². The number of carbonyl (C=O) groups excluding carboxylic acids is 1. The van der Waals surface area contributed by atoms with Crippen molar-refractivity contribution in [3.8, 4) is 11.5 Å². The van der Waals surface area contributed by atoms with Crippen molar-refractivity contribution in [3.63, 3.8) is 0 Å². The van der Waals surface area contributed by atoms with Gasteiger partial charge in [0.1, 0.15) is 6.54 Å². The van der Waals surface area contributed by atoms with E-state index in [9.17, 15) is 4.79 Å². The second-order valence-electron chi connectivity index (χ2n) is 7.47. The van der Waals surface area contributed by atoms with Crippen molar-refractivity contribution in [2.45, 2.75) is 32.9 Å². The largest absolute Gasteiger partial charge is 0.491 e. The summed E-state index contributed by atoms with van der Waals surface area (Å²) >= 11 is 6.25. The van der Waals surface area contributed by atoms with Crippen molar-refractivity contribution in [2.24, 2.45) is 0 Å². The number of rotatable bonds is 9. The van der Waals surface area contributed by atoms with Crippen LogP contribution in [0.4, 0.5) is 0 Å². The van der Waals surface area contributed by atoms with Crippen LogP contribution in [0, 0.1) is 0 Å². The molecule has 1 amide bonds. The number of hydrogen-bond donors (Lipinski definition) is 2. The van der Waals surface area contributed by atoms with Crippen molar-refractivity contribution < 1.29 is 19.2 Å². The molecule has 0 saturated carbocycles. The van der Waals surface area contributed by atoms with Gasteiger partial charge in [-0.25, -0.2) is 0 Å². The van der Waals surface area contributed by atoms with Crippen LogP contribution >= 0.6 is 11.6 Å². The van der Waals surface area contributed by atoms with Crippen LogP contribution in [0.15, 0.2) is 42.5 Å². The van der Waals surface area contributed by atoms with Crippen LogP contribution in [-0.2, 0) is 17.9 Å². The summed E-state index contributed by atoms with van der Waals surface area (Å²) in [7, 11) is 1.55. The van der Waals surface area contributed by atoms with E-state index in [1.54, 1.807) is 30.2 Å². The molecule has 0 spiro atoms. The lowest BCUT2D eigenvalue weighted by molar-refractivity contribution is -0.901. The highest BCUT2D eigenvalue weighted by Gasteiger charge is 2.15. The Bertz CT molecular complexity index is 875. The maximum Gasteiger partial charge on any atom is 0.244 e. The Balaban J connectivity index is 1.53. The van der Waals surface area contributed by atoms with Gasteiger partial charge in [-0.05, 0) is 36.3 Å². The Hall–Kier alpha value is -2.50. The van der Waals surface area contributed by atoms with Crippen molar-refractivity contribution in [2.75, 3.05) is 26.8 Å². The minimum absolute atomic E-state index is 0.162. The van der Waals surface area contributed by atoms with Gasteiger partial charge < -0.3 is 19.7 Å². The summed E-state index contributed by atoms with van der Waals surface area (Å²) in [5, 5.41) is 3.36. The van der Waals surface area contributed by atoms with E-state index in [1.807, 2.05) is 6.92 Å². The van der Waals surface area contributed by atoms with E-state index in [4.69, 9.17) is 21.1 Å². The van der Waals surface area contributed by atoms with Gasteiger partial charge in [-0.15, -0.1) is 0 Å². The van der Waals surface area contributed by atoms with Gasteiger partial charge in [0.15, 0.2) is 11.5 Å². The maximum absolute atomic E-state index is 12.2. The zero-order valence-electron chi connectivity index (χ0n) is 17.7. The van der Waals surface area contributed by atoms with Gasteiger partial charge in [0.2, 0.25) is 5.91 Å². The SMILES string of the molecule is CCOc1cc(/C=C/C(=O)NCc2ccc(C[NH+]3CCCC3)cc2)cc(Cl)c1OC. The summed E-state index contributed by atoms with van der Waals surface area (Å²) in [6.07, 6.45) is 5.88. The molecule has 1 heterocycles. The summed E-state index contributed by atoms with van der Waals surface area (Å²) in [6, 6.07) is 12.1. The number of benzene rings is 2. The third kappa shape index (κ3) is 6.25. The van der Waals surface area contributed by atoms with E-state index in [1.165, 1.54) is 37.6 Å². The van der Waals surface area contributed by atoms with Crippen LogP contribution in [-0.4, -0.2) is 32.7 Å². The smallest absolute Gasteiger partial charge is 0.244 e. The van der Waals surface area contributed by atoms with Crippen LogP contribution in [0.1, 0.15) is 36.5 Å². The van der Waals surface area contributed by atoms with Crippen LogP contribution in [0.5, 0.6) is 11.5 Å². The molecule has 2 aromatic carbocycles. The Kier molecular flexibility index (Phi) is 8.17. The lowest BCUT2D eigenvalue weighted by Crippen LogP contribution is -3.08. The predicted molar refractivity (Wildman–Crippen MR) is 120 cm³/mol. The highest BCUT2D eigenvalue weighted by molar-refractivity contribution is 6.32. The number of nitrogens with one attached hydrogen (secondary N) is 2. The molecule has 0 aromatic heterocycles. The molecule has 2 aromatic rings. The number of amides is 1. The number of quaternary nitrogens is 1. The second-order valence-corrected chi connectivity index (χ2v) is 7.88. The highest BCUT2D eigenvalue weighted by Crippen LogP contribution is 2.36. The molecule has 1 fully saturated rings. The van der Waals surface area contributed by atoms with E-state index in [-0.39, 0.29) is 5.91 Å². The van der Waals surface area contributed by atoms with E-state index in [2.05, 4.69) is 29.6 Å². The lowest BCUT2D eigenvalue weighted by atomic mass is 10.1. The topological polar surface area (TPSA) is 52.0 Å². The van der Waals surface area contributed by atoms with E-state index >= 15 is 0 Å². The molecule has 5 nitrogen and oxygen atoms in total.